The molecule has 0 fully saturated rings. The number of nitrogens with zero attached hydrogens (tertiary/aromatic N) is 1. The van der Waals surface area contributed by atoms with Crippen molar-refractivity contribution in [3.05, 3.63) is 83.9 Å². The first-order valence-electron chi connectivity index (χ1n) is 9.95. The number of para-hydroxylation sites is 2. The van der Waals surface area contributed by atoms with Gasteiger partial charge < -0.3 is 20.3 Å². The van der Waals surface area contributed by atoms with Gasteiger partial charge >= 0.3 is 6.03 Å². The second-order valence-electron chi connectivity index (χ2n) is 6.92. The highest BCUT2D eigenvalue weighted by Gasteiger charge is 2.26. The first kappa shape index (κ1) is 19.5. The molecule has 0 unspecified atom stereocenters. The third-order valence-corrected chi connectivity index (χ3v) is 4.94. The summed E-state index contributed by atoms with van der Waals surface area (Å²) >= 11 is 0. The molecule has 6 nitrogen and oxygen atoms in total. The quantitative estimate of drug-likeness (QED) is 0.637. The van der Waals surface area contributed by atoms with E-state index in [1.807, 2.05) is 73.7 Å². The van der Waals surface area contributed by atoms with Crippen LogP contribution in [0.2, 0.25) is 0 Å². The van der Waals surface area contributed by atoms with Gasteiger partial charge in [0.25, 0.3) is 5.91 Å². The topological polar surface area (TPSA) is 70.7 Å². The van der Waals surface area contributed by atoms with E-state index in [1.165, 1.54) is 0 Å². The van der Waals surface area contributed by atoms with Crippen molar-refractivity contribution < 1.29 is 14.3 Å². The molecule has 0 atom stereocenters. The van der Waals surface area contributed by atoms with Crippen LogP contribution in [0.5, 0.6) is 5.75 Å². The lowest BCUT2D eigenvalue weighted by atomic mass is 10.1. The minimum atomic E-state index is -0.374. The average Bonchev–Trinajstić information content (AvgIpc) is 3.18. The van der Waals surface area contributed by atoms with Crippen LogP contribution in [0.15, 0.2) is 72.8 Å². The fourth-order valence-electron chi connectivity index (χ4n) is 3.54. The van der Waals surface area contributed by atoms with Gasteiger partial charge in [-0.15, -0.1) is 0 Å². The number of benzene rings is 3. The summed E-state index contributed by atoms with van der Waals surface area (Å²) in [7, 11) is 0. The zero-order valence-corrected chi connectivity index (χ0v) is 16.7. The molecule has 3 aromatic carbocycles. The molecule has 1 aliphatic heterocycles. The van der Waals surface area contributed by atoms with Crippen molar-refractivity contribution in [2.24, 2.45) is 0 Å². The van der Waals surface area contributed by atoms with E-state index in [1.54, 1.807) is 11.0 Å². The van der Waals surface area contributed by atoms with Crippen molar-refractivity contribution in [2.45, 2.75) is 13.3 Å². The third-order valence-electron chi connectivity index (χ3n) is 4.94. The normalized spacial score (nSPS) is 12.2. The van der Waals surface area contributed by atoms with E-state index in [-0.39, 0.29) is 11.9 Å². The van der Waals surface area contributed by atoms with Gasteiger partial charge in [0.15, 0.2) is 0 Å². The number of anilines is 3. The summed E-state index contributed by atoms with van der Waals surface area (Å²) < 4.78 is 5.54. The Morgan fingerprint density at radius 3 is 2.53 bits per heavy atom. The molecule has 4 rings (SSSR count). The number of nitrogens with one attached hydrogen (secondary N) is 2. The van der Waals surface area contributed by atoms with Gasteiger partial charge in [-0.2, -0.15) is 0 Å². The Labute approximate surface area is 175 Å². The molecular weight excluding hydrogens is 378 g/mol. The molecule has 30 heavy (non-hydrogen) atoms. The van der Waals surface area contributed by atoms with Crippen LogP contribution in [0.1, 0.15) is 22.8 Å². The zero-order valence-electron chi connectivity index (χ0n) is 16.7. The molecule has 0 spiro atoms. The number of hydrogen-bond acceptors (Lipinski definition) is 3. The maximum atomic E-state index is 12.9. The molecule has 152 valence electrons. The van der Waals surface area contributed by atoms with Gasteiger partial charge in [-0.05, 0) is 55.3 Å². The van der Waals surface area contributed by atoms with Gasteiger partial charge in [0, 0.05) is 23.5 Å². The highest BCUT2D eigenvalue weighted by Crippen LogP contribution is 2.32. The van der Waals surface area contributed by atoms with E-state index in [0.29, 0.717) is 35.8 Å². The highest BCUT2D eigenvalue weighted by atomic mass is 16.5. The van der Waals surface area contributed by atoms with Crippen molar-refractivity contribution in [3.63, 3.8) is 0 Å². The fourth-order valence-corrected chi connectivity index (χ4v) is 3.54. The lowest BCUT2D eigenvalue weighted by Crippen LogP contribution is -2.29. The fraction of sp³-hybridized carbons (Fsp3) is 0.167. The Hall–Kier alpha value is -3.80. The monoisotopic (exact) mass is 401 g/mol. The summed E-state index contributed by atoms with van der Waals surface area (Å²) in [6.45, 7) is 3.03. The van der Waals surface area contributed by atoms with E-state index < -0.39 is 0 Å². The number of hydrogen-bond donors (Lipinski definition) is 2. The molecule has 1 heterocycles. The number of fused-ring (bicyclic) bond motifs is 1. The summed E-state index contributed by atoms with van der Waals surface area (Å²) in [6, 6.07) is 21.8. The van der Waals surface area contributed by atoms with Crippen LogP contribution < -0.4 is 20.3 Å². The number of carbonyl (C=O) groups excluding carboxylic acids is 2. The van der Waals surface area contributed by atoms with Crippen LogP contribution in [-0.2, 0) is 6.42 Å². The highest BCUT2D eigenvalue weighted by molar-refractivity contribution is 6.08. The van der Waals surface area contributed by atoms with Gasteiger partial charge in [0.1, 0.15) is 5.75 Å². The Bertz CT molecular complexity index is 1070. The standard InChI is InChI=1S/C24H23N3O3/c1-2-30-22-11-7-6-10-20(22)26-24(29)25-19-13-12-17-14-15-27(21(17)16-19)23(28)18-8-4-3-5-9-18/h3-13,16H,2,14-15H2,1H3,(H2,25,26,29). The number of ether oxygens (including phenoxy) is 1. The molecule has 3 amide bonds. The molecule has 0 saturated carbocycles. The van der Waals surface area contributed by atoms with Crippen molar-refractivity contribution in [1.82, 2.24) is 0 Å². The van der Waals surface area contributed by atoms with Gasteiger partial charge in [0.2, 0.25) is 0 Å². The van der Waals surface area contributed by atoms with Gasteiger partial charge in [-0.1, -0.05) is 36.4 Å². The third kappa shape index (κ3) is 4.12. The van der Waals surface area contributed by atoms with Crippen LogP contribution in [0.4, 0.5) is 21.9 Å². The van der Waals surface area contributed by atoms with Crippen LogP contribution >= 0.6 is 0 Å². The molecule has 3 aromatic rings. The van der Waals surface area contributed by atoms with Gasteiger partial charge in [0.05, 0.1) is 12.3 Å². The van der Waals surface area contributed by atoms with Crippen molar-refractivity contribution in [2.75, 3.05) is 28.7 Å². The van der Waals surface area contributed by atoms with E-state index in [4.69, 9.17) is 4.74 Å². The maximum absolute atomic E-state index is 12.9. The smallest absolute Gasteiger partial charge is 0.323 e. The largest absolute Gasteiger partial charge is 0.492 e. The first-order valence-corrected chi connectivity index (χ1v) is 9.95. The molecule has 1 aliphatic rings. The number of amides is 3. The minimum absolute atomic E-state index is 0.0402. The summed E-state index contributed by atoms with van der Waals surface area (Å²) in [5, 5.41) is 5.66. The number of rotatable bonds is 5. The molecule has 0 aliphatic carbocycles. The molecule has 2 N–H and O–H groups in total. The Morgan fingerprint density at radius 1 is 0.967 bits per heavy atom. The summed E-state index contributed by atoms with van der Waals surface area (Å²) in [5.41, 5.74) is 3.78. The van der Waals surface area contributed by atoms with Crippen molar-refractivity contribution in [1.29, 1.82) is 0 Å². The predicted molar refractivity (Wildman–Crippen MR) is 119 cm³/mol. The summed E-state index contributed by atoms with van der Waals surface area (Å²) in [5.74, 6) is 0.574. The molecule has 0 bridgehead atoms. The van der Waals surface area contributed by atoms with E-state index in [9.17, 15) is 9.59 Å². The number of carbonyl (C=O) groups is 2. The zero-order chi connectivity index (χ0) is 20.9. The Balaban J connectivity index is 1.49. The van der Waals surface area contributed by atoms with Crippen LogP contribution in [0, 0.1) is 0 Å². The van der Waals surface area contributed by atoms with Crippen LogP contribution in [0.3, 0.4) is 0 Å². The van der Waals surface area contributed by atoms with E-state index >= 15 is 0 Å². The predicted octanol–water partition coefficient (Wildman–Crippen LogP) is 4.93. The lowest BCUT2D eigenvalue weighted by molar-refractivity contribution is 0.0989. The summed E-state index contributed by atoms with van der Waals surface area (Å²) in [4.78, 5) is 27.2. The summed E-state index contributed by atoms with van der Waals surface area (Å²) in [6.07, 6.45) is 0.794. The molecular formula is C24H23N3O3. The average molecular weight is 401 g/mol. The van der Waals surface area contributed by atoms with Crippen molar-refractivity contribution >= 4 is 29.0 Å². The maximum Gasteiger partial charge on any atom is 0.323 e. The second-order valence-corrected chi connectivity index (χ2v) is 6.92. The van der Waals surface area contributed by atoms with Crippen molar-refractivity contribution in [3.8, 4) is 5.75 Å². The SMILES string of the molecule is CCOc1ccccc1NC(=O)Nc1ccc2c(c1)N(C(=O)c1ccccc1)CC2. The molecule has 0 aromatic heterocycles. The minimum Gasteiger partial charge on any atom is -0.492 e. The lowest BCUT2D eigenvalue weighted by Gasteiger charge is -2.18. The number of urea groups is 1. The Morgan fingerprint density at radius 2 is 1.73 bits per heavy atom. The molecule has 6 heteroatoms. The molecule has 0 saturated heterocycles. The Kier molecular flexibility index (Phi) is 5.66. The second kappa shape index (κ2) is 8.69. The van der Waals surface area contributed by atoms with Gasteiger partial charge in [-0.25, -0.2) is 4.79 Å². The van der Waals surface area contributed by atoms with Crippen LogP contribution in [0.25, 0.3) is 0 Å². The first-order chi connectivity index (χ1) is 14.7. The van der Waals surface area contributed by atoms with E-state index in [2.05, 4.69) is 10.6 Å². The van der Waals surface area contributed by atoms with Crippen LogP contribution in [-0.4, -0.2) is 25.1 Å². The van der Waals surface area contributed by atoms with E-state index in [0.717, 1.165) is 17.7 Å². The molecule has 0 radical (unpaired) electrons. The van der Waals surface area contributed by atoms with Gasteiger partial charge in [-0.3, -0.25) is 4.79 Å².